The van der Waals surface area contributed by atoms with Gasteiger partial charge in [-0.15, -0.1) is 13.2 Å². The van der Waals surface area contributed by atoms with Crippen LogP contribution >= 0.6 is 0 Å². The van der Waals surface area contributed by atoms with Gasteiger partial charge in [0.1, 0.15) is 18.5 Å². The molecule has 2 aliphatic rings. The molecular weight excluding hydrogens is 516 g/mol. The molecule has 0 spiro atoms. The first kappa shape index (κ1) is 29.0. The molecule has 3 atom stereocenters. The van der Waals surface area contributed by atoms with Gasteiger partial charge >= 0.3 is 18.2 Å². The van der Waals surface area contributed by atoms with Crippen molar-refractivity contribution in [3.8, 4) is 0 Å². The van der Waals surface area contributed by atoms with Crippen molar-refractivity contribution in [3.05, 3.63) is 30.1 Å². The summed E-state index contributed by atoms with van der Waals surface area (Å²) in [6.07, 6.45) is -3.30. The van der Waals surface area contributed by atoms with Crippen LogP contribution in [0.2, 0.25) is 0 Å². The Kier molecular flexibility index (Phi) is 9.78. The van der Waals surface area contributed by atoms with E-state index in [0.29, 0.717) is 32.2 Å². The largest absolute Gasteiger partial charge is 0.522 e. The van der Waals surface area contributed by atoms with Crippen molar-refractivity contribution in [1.29, 1.82) is 0 Å². The number of hydrogen-bond donors (Lipinski definition) is 3. The number of likely N-dealkylation sites (tertiary alicyclic amines) is 1. The molecule has 0 aliphatic carbocycles. The summed E-state index contributed by atoms with van der Waals surface area (Å²) in [4.78, 5) is 64.4. The summed E-state index contributed by atoms with van der Waals surface area (Å²) in [7, 11) is 0. The van der Waals surface area contributed by atoms with Crippen LogP contribution in [0, 0.1) is 11.7 Å². The molecule has 1 aromatic carbocycles. The Balaban J connectivity index is 1.75. The fourth-order valence-electron chi connectivity index (χ4n) is 4.44. The van der Waals surface area contributed by atoms with Crippen LogP contribution in [0.5, 0.6) is 0 Å². The van der Waals surface area contributed by atoms with Gasteiger partial charge in [-0.2, -0.15) is 0 Å². The maximum atomic E-state index is 13.9. The average molecular weight is 545 g/mol. The third kappa shape index (κ3) is 7.97. The molecular formula is C24H28F4N4O6. The van der Waals surface area contributed by atoms with E-state index in [9.17, 15) is 41.5 Å². The second-order valence-corrected chi connectivity index (χ2v) is 9.07. The van der Waals surface area contributed by atoms with Crippen molar-refractivity contribution in [2.75, 3.05) is 25.0 Å². The quantitative estimate of drug-likeness (QED) is 0.337. The van der Waals surface area contributed by atoms with Crippen molar-refractivity contribution in [1.82, 2.24) is 15.5 Å². The first-order chi connectivity index (χ1) is 18.0. The summed E-state index contributed by atoms with van der Waals surface area (Å²) in [5, 5.41) is 7.11. The molecule has 3 rings (SSSR count). The number of alkyl halides is 3. The molecule has 10 nitrogen and oxygen atoms in total. The number of nitrogens with one attached hydrogen (secondary N) is 3. The third-order valence-corrected chi connectivity index (χ3v) is 6.40. The molecule has 4 amide bonds. The van der Waals surface area contributed by atoms with Gasteiger partial charge < -0.3 is 20.9 Å². The van der Waals surface area contributed by atoms with Gasteiger partial charge in [0.15, 0.2) is 5.78 Å². The number of amides is 4. The van der Waals surface area contributed by atoms with E-state index in [2.05, 4.69) is 20.7 Å². The molecule has 2 fully saturated rings. The lowest BCUT2D eigenvalue weighted by molar-refractivity contribution is -0.321. The number of para-hydroxylation sites is 1. The number of ether oxygens (including phenoxy) is 1. The monoisotopic (exact) mass is 544 g/mol. The second kappa shape index (κ2) is 12.8. The van der Waals surface area contributed by atoms with Crippen LogP contribution in [0.3, 0.4) is 0 Å². The number of benzene rings is 1. The van der Waals surface area contributed by atoms with E-state index < -0.39 is 66.2 Å². The van der Waals surface area contributed by atoms with Gasteiger partial charge in [-0.05, 0) is 37.8 Å². The van der Waals surface area contributed by atoms with E-state index in [1.54, 1.807) is 0 Å². The lowest BCUT2D eigenvalue weighted by Gasteiger charge is -2.30. The number of halogens is 4. The first-order valence-corrected chi connectivity index (χ1v) is 12.1. The molecule has 14 heteroatoms. The van der Waals surface area contributed by atoms with Crippen molar-refractivity contribution >= 4 is 35.1 Å². The standard InChI is InChI=1S/C24H28F4N4O6/c25-15-6-3-4-7-16(15)30-22(36)23(37)32-11-5-1-2-8-18(32)21(35)31-17(12-14-9-10-29-20(14)34)19(33)13-38-24(26,27)28/h3-4,6-7,14,17-18H,1-2,5,8-13H2,(H,29,34)(H,30,36)(H,31,35). The minimum absolute atomic E-state index is 0.0163. The van der Waals surface area contributed by atoms with E-state index in [4.69, 9.17) is 0 Å². The van der Waals surface area contributed by atoms with Crippen LogP contribution in [-0.2, 0) is 28.7 Å². The number of Topliss-reactive ketones (excluding diaryl/α,β-unsaturated/α-hetero) is 1. The summed E-state index contributed by atoms with van der Waals surface area (Å²) < 4.78 is 55.1. The van der Waals surface area contributed by atoms with Gasteiger partial charge in [0.05, 0.1) is 11.7 Å². The van der Waals surface area contributed by atoms with Crippen LogP contribution in [0.4, 0.5) is 23.2 Å². The number of rotatable bonds is 8. The predicted octanol–water partition coefficient (Wildman–Crippen LogP) is 1.65. The fraction of sp³-hybridized carbons (Fsp3) is 0.542. The Morgan fingerprint density at radius 3 is 2.50 bits per heavy atom. The summed E-state index contributed by atoms with van der Waals surface area (Å²) in [5.41, 5.74) is -0.230. The molecule has 208 valence electrons. The van der Waals surface area contributed by atoms with Crippen LogP contribution in [0.15, 0.2) is 24.3 Å². The smallest absolute Gasteiger partial charge is 0.356 e. The topological polar surface area (TPSA) is 134 Å². The zero-order chi connectivity index (χ0) is 27.9. The van der Waals surface area contributed by atoms with E-state index in [1.165, 1.54) is 18.2 Å². The van der Waals surface area contributed by atoms with Crippen molar-refractivity contribution < 1.29 is 46.3 Å². The predicted molar refractivity (Wildman–Crippen MR) is 124 cm³/mol. The van der Waals surface area contributed by atoms with Crippen LogP contribution in [0.1, 0.15) is 38.5 Å². The van der Waals surface area contributed by atoms with Gasteiger partial charge in [0.2, 0.25) is 11.8 Å². The normalized spacial score (nSPS) is 20.7. The SMILES string of the molecule is O=C(Nc1ccccc1F)C(=O)N1CCCCCC1C(=O)NC(CC1CCNC1=O)C(=O)COC(F)(F)F. The molecule has 0 radical (unpaired) electrons. The first-order valence-electron chi connectivity index (χ1n) is 12.1. The maximum absolute atomic E-state index is 13.9. The highest BCUT2D eigenvalue weighted by molar-refractivity contribution is 6.40. The Bertz CT molecular complexity index is 1070. The number of nitrogens with zero attached hydrogens (tertiary/aromatic N) is 1. The number of ketones is 1. The molecule has 0 aromatic heterocycles. The maximum Gasteiger partial charge on any atom is 0.522 e. The molecule has 2 heterocycles. The zero-order valence-electron chi connectivity index (χ0n) is 20.3. The average Bonchev–Trinajstić information content (AvgIpc) is 3.11. The zero-order valence-corrected chi connectivity index (χ0v) is 20.3. The Morgan fingerprint density at radius 2 is 1.84 bits per heavy atom. The Labute approximate surface area is 215 Å². The number of anilines is 1. The molecule has 2 aliphatic heterocycles. The fourth-order valence-corrected chi connectivity index (χ4v) is 4.44. The van der Waals surface area contributed by atoms with Crippen LogP contribution in [-0.4, -0.2) is 72.5 Å². The summed E-state index contributed by atoms with van der Waals surface area (Å²) in [6, 6.07) is 2.49. The highest BCUT2D eigenvalue weighted by Gasteiger charge is 2.39. The number of carbonyl (C=O) groups is 5. The van der Waals surface area contributed by atoms with E-state index >= 15 is 0 Å². The minimum Gasteiger partial charge on any atom is -0.356 e. The van der Waals surface area contributed by atoms with Crippen LogP contribution < -0.4 is 16.0 Å². The van der Waals surface area contributed by atoms with Gasteiger partial charge in [0.25, 0.3) is 0 Å². The van der Waals surface area contributed by atoms with Crippen molar-refractivity contribution in [3.63, 3.8) is 0 Å². The van der Waals surface area contributed by atoms with Crippen molar-refractivity contribution in [2.24, 2.45) is 5.92 Å². The molecule has 0 bridgehead atoms. The molecule has 3 N–H and O–H groups in total. The third-order valence-electron chi connectivity index (χ3n) is 6.40. The van der Waals surface area contributed by atoms with E-state index in [-0.39, 0.29) is 25.1 Å². The van der Waals surface area contributed by atoms with Gasteiger partial charge in [0, 0.05) is 19.0 Å². The Hall–Kier alpha value is -3.55. The highest BCUT2D eigenvalue weighted by Crippen LogP contribution is 2.22. The van der Waals surface area contributed by atoms with Gasteiger partial charge in [-0.25, -0.2) is 4.39 Å². The van der Waals surface area contributed by atoms with Crippen LogP contribution in [0.25, 0.3) is 0 Å². The summed E-state index contributed by atoms with van der Waals surface area (Å²) in [5.74, 6) is -6.12. The van der Waals surface area contributed by atoms with E-state index in [0.717, 1.165) is 11.0 Å². The summed E-state index contributed by atoms with van der Waals surface area (Å²) in [6.45, 7) is -1.04. The summed E-state index contributed by atoms with van der Waals surface area (Å²) >= 11 is 0. The molecule has 2 saturated heterocycles. The van der Waals surface area contributed by atoms with E-state index in [1.807, 2.05) is 0 Å². The van der Waals surface area contributed by atoms with Gasteiger partial charge in [-0.1, -0.05) is 25.0 Å². The highest BCUT2D eigenvalue weighted by atomic mass is 19.4. The Morgan fingerprint density at radius 1 is 1.11 bits per heavy atom. The molecule has 3 unspecified atom stereocenters. The number of hydrogen-bond acceptors (Lipinski definition) is 6. The molecule has 38 heavy (non-hydrogen) atoms. The number of carbonyl (C=O) groups excluding carboxylic acids is 5. The van der Waals surface area contributed by atoms with Crippen molar-refractivity contribution in [2.45, 2.75) is 57.0 Å². The van der Waals surface area contributed by atoms with Gasteiger partial charge in [-0.3, -0.25) is 28.7 Å². The molecule has 0 saturated carbocycles. The second-order valence-electron chi connectivity index (χ2n) is 9.07. The molecule has 1 aromatic rings. The minimum atomic E-state index is -5.08. The lowest BCUT2D eigenvalue weighted by atomic mass is 9.95. The lowest BCUT2D eigenvalue weighted by Crippen LogP contribution is -2.55.